The molecule has 3 aromatic carbocycles. The summed E-state index contributed by atoms with van der Waals surface area (Å²) in [5, 5.41) is 7.36. The molecule has 0 unspecified atom stereocenters. The van der Waals surface area contributed by atoms with Crippen LogP contribution in [0.25, 0.3) is 21.0 Å². The zero-order valence-corrected chi connectivity index (χ0v) is 13.8. The number of nitrogens with one attached hydrogen (secondary N) is 1. The van der Waals surface area contributed by atoms with E-state index in [-0.39, 0.29) is 6.04 Å². The second-order valence-corrected chi connectivity index (χ2v) is 6.86. The average Bonchev–Trinajstić information content (AvgIpc) is 3.02. The van der Waals surface area contributed by atoms with Gasteiger partial charge in [-0.15, -0.1) is 11.3 Å². The highest BCUT2D eigenvalue weighted by atomic mass is 32.1. The quantitative estimate of drug-likeness (QED) is 0.552. The van der Waals surface area contributed by atoms with Gasteiger partial charge in [0.25, 0.3) is 0 Å². The van der Waals surface area contributed by atoms with Crippen LogP contribution in [0.3, 0.4) is 0 Å². The second kappa shape index (κ2) is 6.11. The Bertz CT molecular complexity index is 920. The first kappa shape index (κ1) is 14.4. The number of hydrogen-bond acceptors (Lipinski definition) is 3. The van der Waals surface area contributed by atoms with Crippen LogP contribution in [0.15, 0.2) is 66.7 Å². The van der Waals surface area contributed by atoms with Crippen molar-refractivity contribution in [2.75, 3.05) is 0 Å². The van der Waals surface area contributed by atoms with Gasteiger partial charge in [-0.3, -0.25) is 0 Å². The predicted molar refractivity (Wildman–Crippen MR) is 98.8 cm³/mol. The van der Waals surface area contributed by atoms with Crippen LogP contribution in [0.1, 0.15) is 23.5 Å². The maximum Gasteiger partial charge on any atom is 0.108 e. The van der Waals surface area contributed by atoms with Crippen molar-refractivity contribution in [1.82, 2.24) is 10.3 Å². The molecule has 1 heterocycles. The largest absolute Gasteiger partial charge is 0.304 e. The molecule has 0 spiro atoms. The number of nitrogens with zero attached hydrogens (tertiary/aromatic N) is 1. The van der Waals surface area contributed by atoms with Gasteiger partial charge in [-0.2, -0.15) is 0 Å². The minimum absolute atomic E-state index is 0.285. The molecule has 4 rings (SSSR count). The van der Waals surface area contributed by atoms with Crippen molar-refractivity contribution >= 4 is 32.3 Å². The van der Waals surface area contributed by atoms with Crippen LogP contribution in [-0.2, 0) is 6.54 Å². The van der Waals surface area contributed by atoms with Crippen molar-refractivity contribution < 1.29 is 0 Å². The van der Waals surface area contributed by atoms with Gasteiger partial charge in [0.15, 0.2) is 0 Å². The summed E-state index contributed by atoms with van der Waals surface area (Å²) in [7, 11) is 0. The summed E-state index contributed by atoms with van der Waals surface area (Å²) in [5.41, 5.74) is 2.43. The predicted octanol–water partition coefficient (Wildman–Crippen LogP) is 5.30. The van der Waals surface area contributed by atoms with Gasteiger partial charge in [0.2, 0.25) is 0 Å². The fraction of sp³-hybridized carbons (Fsp3) is 0.150. The molecule has 0 saturated heterocycles. The molecule has 1 aromatic heterocycles. The third kappa shape index (κ3) is 2.85. The maximum absolute atomic E-state index is 4.70. The smallest absolute Gasteiger partial charge is 0.108 e. The number of thiazole rings is 1. The lowest BCUT2D eigenvalue weighted by Crippen LogP contribution is -2.18. The van der Waals surface area contributed by atoms with Gasteiger partial charge in [0.1, 0.15) is 5.01 Å². The highest BCUT2D eigenvalue weighted by molar-refractivity contribution is 7.18. The summed E-state index contributed by atoms with van der Waals surface area (Å²) < 4.78 is 1.25. The number of benzene rings is 3. The van der Waals surface area contributed by atoms with E-state index >= 15 is 0 Å². The monoisotopic (exact) mass is 318 g/mol. The van der Waals surface area contributed by atoms with Crippen LogP contribution < -0.4 is 5.32 Å². The molecule has 0 aliphatic heterocycles. The molecule has 0 aliphatic rings. The minimum Gasteiger partial charge on any atom is -0.304 e. The Morgan fingerprint density at radius 1 is 0.957 bits per heavy atom. The second-order valence-electron chi connectivity index (χ2n) is 5.75. The lowest BCUT2D eigenvalue weighted by atomic mass is 10.00. The lowest BCUT2D eigenvalue weighted by Gasteiger charge is -2.15. The summed E-state index contributed by atoms with van der Waals surface area (Å²) in [5.74, 6) is 0. The molecule has 4 aromatic rings. The Morgan fingerprint density at radius 2 is 1.74 bits per heavy atom. The number of aromatic nitrogens is 1. The van der Waals surface area contributed by atoms with E-state index in [1.54, 1.807) is 11.3 Å². The van der Waals surface area contributed by atoms with Gasteiger partial charge in [0, 0.05) is 12.6 Å². The topological polar surface area (TPSA) is 24.9 Å². The lowest BCUT2D eigenvalue weighted by molar-refractivity contribution is 0.577. The normalized spacial score (nSPS) is 12.7. The molecular weight excluding hydrogens is 300 g/mol. The Balaban J connectivity index is 1.56. The zero-order chi connectivity index (χ0) is 15.6. The van der Waals surface area contributed by atoms with Crippen molar-refractivity contribution in [1.29, 1.82) is 0 Å². The van der Waals surface area contributed by atoms with E-state index in [1.165, 1.54) is 21.0 Å². The third-order valence-electron chi connectivity index (χ3n) is 4.19. The van der Waals surface area contributed by atoms with Gasteiger partial charge in [0.05, 0.1) is 10.2 Å². The van der Waals surface area contributed by atoms with Gasteiger partial charge >= 0.3 is 0 Å². The summed E-state index contributed by atoms with van der Waals surface area (Å²) in [6.45, 7) is 3.01. The van der Waals surface area contributed by atoms with E-state index < -0.39 is 0 Å². The fourth-order valence-corrected chi connectivity index (χ4v) is 3.89. The summed E-state index contributed by atoms with van der Waals surface area (Å²) >= 11 is 1.76. The molecular formula is C20H18N2S. The van der Waals surface area contributed by atoms with Crippen molar-refractivity contribution in [2.45, 2.75) is 19.5 Å². The summed E-state index contributed by atoms with van der Waals surface area (Å²) in [6.07, 6.45) is 0. The van der Waals surface area contributed by atoms with Crippen LogP contribution in [-0.4, -0.2) is 4.98 Å². The minimum atomic E-state index is 0.285. The molecule has 3 heteroatoms. The van der Waals surface area contributed by atoms with E-state index in [1.807, 2.05) is 6.07 Å². The first-order chi connectivity index (χ1) is 11.3. The first-order valence-electron chi connectivity index (χ1n) is 7.87. The molecule has 0 saturated carbocycles. The number of para-hydroxylation sites is 1. The first-order valence-corrected chi connectivity index (χ1v) is 8.68. The average molecular weight is 318 g/mol. The fourth-order valence-electron chi connectivity index (χ4n) is 2.97. The van der Waals surface area contributed by atoms with E-state index in [0.29, 0.717) is 0 Å². The maximum atomic E-state index is 4.70. The standard InChI is InChI=1S/C20H18N2S/c1-14(16-10-6-8-15-7-2-3-9-17(15)16)21-13-20-22-18-11-4-5-12-19(18)23-20/h2-12,14,21H,13H2,1H3/t14-/m0/s1. The molecule has 1 atom stereocenters. The number of hydrogen-bond donors (Lipinski definition) is 1. The van der Waals surface area contributed by atoms with Crippen LogP contribution in [0, 0.1) is 0 Å². The molecule has 0 fully saturated rings. The van der Waals surface area contributed by atoms with Gasteiger partial charge < -0.3 is 5.32 Å². The SMILES string of the molecule is C[C@H](NCc1nc2ccccc2s1)c1cccc2ccccc12. The molecule has 0 amide bonds. The van der Waals surface area contributed by atoms with Crippen LogP contribution >= 0.6 is 11.3 Å². The molecule has 1 N–H and O–H groups in total. The Hall–Kier alpha value is -2.23. The van der Waals surface area contributed by atoms with E-state index in [0.717, 1.165) is 17.1 Å². The van der Waals surface area contributed by atoms with Gasteiger partial charge in [-0.1, -0.05) is 54.6 Å². The molecule has 2 nitrogen and oxygen atoms in total. The van der Waals surface area contributed by atoms with Crippen molar-refractivity contribution in [3.8, 4) is 0 Å². The molecule has 0 bridgehead atoms. The van der Waals surface area contributed by atoms with Crippen molar-refractivity contribution in [3.05, 3.63) is 77.3 Å². The summed E-state index contributed by atoms with van der Waals surface area (Å²) in [4.78, 5) is 4.70. The molecule has 0 aliphatic carbocycles. The highest BCUT2D eigenvalue weighted by Gasteiger charge is 2.10. The van der Waals surface area contributed by atoms with Crippen molar-refractivity contribution in [2.24, 2.45) is 0 Å². The van der Waals surface area contributed by atoms with E-state index in [2.05, 4.69) is 72.9 Å². The summed E-state index contributed by atoms with van der Waals surface area (Å²) in [6, 6.07) is 23.7. The van der Waals surface area contributed by atoms with E-state index in [9.17, 15) is 0 Å². The van der Waals surface area contributed by atoms with Gasteiger partial charge in [-0.05, 0) is 35.4 Å². The Morgan fingerprint density at radius 3 is 2.65 bits per heavy atom. The molecule has 23 heavy (non-hydrogen) atoms. The highest BCUT2D eigenvalue weighted by Crippen LogP contribution is 2.25. The van der Waals surface area contributed by atoms with Gasteiger partial charge in [-0.25, -0.2) is 4.98 Å². The number of fused-ring (bicyclic) bond motifs is 2. The molecule has 0 radical (unpaired) electrons. The van der Waals surface area contributed by atoms with Crippen LogP contribution in [0.5, 0.6) is 0 Å². The van der Waals surface area contributed by atoms with Crippen LogP contribution in [0.4, 0.5) is 0 Å². The van der Waals surface area contributed by atoms with Crippen LogP contribution in [0.2, 0.25) is 0 Å². The van der Waals surface area contributed by atoms with Crippen molar-refractivity contribution in [3.63, 3.8) is 0 Å². The zero-order valence-electron chi connectivity index (χ0n) is 13.0. The number of rotatable bonds is 4. The Labute approximate surface area is 139 Å². The molecule has 114 valence electrons. The third-order valence-corrected chi connectivity index (χ3v) is 5.22. The van der Waals surface area contributed by atoms with E-state index in [4.69, 9.17) is 4.98 Å². The Kier molecular flexibility index (Phi) is 3.82.